The van der Waals surface area contributed by atoms with Gasteiger partial charge in [-0.05, 0) is 35.3 Å². The van der Waals surface area contributed by atoms with Crippen LogP contribution in [0.4, 0.5) is 0 Å². The van der Waals surface area contributed by atoms with Gasteiger partial charge in [0.25, 0.3) is 5.91 Å². The molecule has 0 bridgehead atoms. The van der Waals surface area contributed by atoms with Gasteiger partial charge in [0, 0.05) is 25.5 Å². The van der Waals surface area contributed by atoms with Gasteiger partial charge in [0.05, 0.1) is 14.7 Å². The number of hydrogen-bond acceptors (Lipinski definition) is 2. The van der Waals surface area contributed by atoms with Gasteiger partial charge in [0.2, 0.25) is 0 Å². The smallest absolute Gasteiger partial charge is 0.270 e. The van der Waals surface area contributed by atoms with Gasteiger partial charge in [0.1, 0.15) is 5.69 Å². The summed E-state index contributed by atoms with van der Waals surface area (Å²) in [6, 6.07) is 2.01. The molecule has 0 spiro atoms. The molecule has 0 saturated carbocycles. The molecule has 0 aliphatic carbocycles. The molecule has 0 fully saturated rings. The summed E-state index contributed by atoms with van der Waals surface area (Å²) in [5.41, 5.74) is 1.94. The van der Waals surface area contributed by atoms with E-state index in [1.165, 1.54) is 4.70 Å². The molecular weight excluding hydrogens is 312 g/mol. The normalized spacial score (nSPS) is 11.1. The molecule has 0 aliphatic rings. The van der Waals surface area contributed by atoms with E-state index in [1.807, 2.05) is 20.0 Å². The Labute approximate surface area is 120 Å². The van der Waals surface area contributed by atoms with Crippen molar-refractivity contribution >= 4 is 43.4 Å². The Kier molecular flexibility index (Phi) is 4.12. The number of amides is 1. The van der Waals surface area contributed by atoms with E-state index in [2.05, 4.69) is 32.8 Å². The first-order valence-corrected chi connectivity index (χ1v) is 7.79. The molecule has 0 atom stereocenters. The largest absolute Gasteiger partial charge is 0.341 e. The number of thiophene rings is 1. The summed E-state index contributed by atoms with van der Waals surface area (Å²) in [6.45, 7) is 5.72. The lowest BCUT2D eigenvalue weighted by Gasteiger charge is -2.16. The molecule has 18 heavy (non-hydrogen) atoms. The van der Waals surface area contributed by atoms with Crippen molar-refractivity contribution in [2.75, 3.05) is 13.6 Å². The molecule has 5 heteroatoms. The highest BCUT2D eigenvalue weighted by atomic mass is 79.9. The summed E-state index contributed by atoms with van der Waals surface area (Å²) in [5.74, 6) is 0.0984. The molecular formula is C13H17BrN2OS. The third-order valence-electron chi connectivity index (χ3n) is 3.06. The van der Waals surface area contributed by atoms with Crippen LogP contribution in [0.2, 0.25) is 0 Å². The molecule has 0 aliphatic heterocycles. The minimum Gasteiger partial charge on any atom is -0.341 e. The highest BCUT2D eigenvalue weighted by Crippen LogP contribution is 2.33. The molecule has 1 amide bonds. The predicted molar refractivity (Wildman–Crippen MR) is 80.4 cm³/mol. The highest BCUT2D eigenvalue weighted by Gasteiger charge is 2.20. The SMILES string of the molecule is CCCn1c(C(=O)N(C)CC)cc2scc(Br)c21. The Morgan fingerprint density at radius 1 is 1.50 bits per heavy atom. The molecule has 0 radical (unpaired) electrons. The topological polar surface area (TPSA) is 25.2 Å². The van der Waals surface area contributed by atoms with Crippen LogP contribution >= 0.6 is 27.3 Å². The van der Waals surface area contributed by atoms with Gasteiger partial charge in [0.15, 0.2) is 0 Å². The second kappa shape index (κ2) is 5.45. The Hall–Kier alpha value is -0.810. The Balaban J connectivity index is 2.56. The van der Waals surface area contributed by atoms with Crippen LogP contribution in [0, 0.1) is 0 Å². The number of aryl methyl sites for hydroxylation is 1. The summed E-state index contributed by atoms with van der Waals surface area (Å²) in [5, 5.41) is 2.08. The summed E-state index contributed by atoms with van der Waals surface area (Å²) < 4.78 is 4.38. The van der Waals surface area contributed by atoms with E-state index < -0.39 is 0 Å². The molecule has 0 saturated heterocycles. The predicted octanol–water partition coefficient (Wildman–Crippen LogP) is 3.97. The van der Waals surface area contributed by atoms with Crippen LogP contribution in [0.3, 0.4) is 0 Å². The number of aromatic nitrogens is 1. The maximum Gasteiger partial charge on any atom is 0.270 e. The molecule has 0 unspecified atom stereocenters. The molecule has 2 aromatic heterocycles. The average Bonchev–Trinajstić information content (AvgIpc) is 2.90. The fraction of sp³-hybridized carbons (Fsp3) is 0.462. The minimum absolute atomic E-state index is 0.0984. The number of carbonyl (C=O) groups is 1. The lowest BCUT2D eigenvalue weighted by atomic mass is 10.3. The third-order valence-corrected chi connectivity index (χ3v) is 4.89. The van der Waals surface area contributed by atoms with Crippen molar-refractivity contribution in [3.8, 4) is 0 Å². The van der Waals surface area contributed by atoms with E-state index in [1.54, 1.807) is 16.2 Å². The minimum atomic E-state index is 0.0984. The highest BCUT2D eigenvalue weighted by molar-refractivity contribution is 9.10. The zero-order chi connectivity index (χ0) is 13.3. The summed E-state index contributed by atoms with van der Waals surface area (Å²) in [7, 11) is 1.84. The Morgan fingerprint density at radius 3 is 2.83 bits per heavy atom. The molecule has 2 rings (SSSR count). The monoisotopic (exact) mass is 328 g/mol. The van der Waals surface area contributed by atoms with E-state index in [-0.39, 0.29) is 5.91 Å². The third kappa shape index (κ3) is 2.21. The fourth-order valence-corrected chi connectivity index (χ4v) is 3.70. The molecule has 2 heterocycles. The van der Waals surface area contributed by atoms with E-state index in [0.29, 0.717) is 0 Å². The zero-order valence-corrected chi connectivity index (χ0v) is 13.3. The van der Waals surface area contributed by atoms with Crippen molar-refractivity contribution in [2.24, 2.45) is 0 Å². The lowest BCUT2D eigenvalue weighted by molar-refractivity contribution is 0.0792. The van der Waals surface area contributed by atoms with E-state index >= 15 is 0 Å². The van der Waals surface area contributed by atoms with Crippen molar-refractivity contribution in [3.05, 3.63) is 21.6 Å². The van der Waals surface area contributed by atoms with Crippen molar-refractivity contribution in [1.82, 2.24) is 9.47 Å². The van der Waals surface area contributed by atoms with Crippen LogP contribution in [0.15, 0.2) is 15.9 Å². The molecule has 2 aromatic rings. The first-order valence-electron chi connectivity index (χ1n) is 6.11. The number of nitrogens with zero attached hydrogens (tertiary/aromatic N) is 2. The second-order valence-electron chi connectivity index (χ2n) is 4.30. The average molecular weight is 329 g/mol. The van der Waals surface area contributed by atoms with Gasteiger partial charge in [-0.1, -0.05) is 6.92 Å². The van der Waals surface area contributed by atoms with Crippen LogP contribution in [0.5, 0.6) is 0 Å². The number of carbonyl (C=O) groups excluding carboxylic acids is 1. The molecule has 3 nitrogen and oxygen atoms in total. The summed E-state index contributed by atoms with van der Waals surface area (Å²) in [4.78, 5) is 14.1. The number of rotatable bonds is 4. The number of hydrogen-bond donors (Lipinski definition) is 0. The van der Waals surface area contributed by atoms with Crippen molar-refractivity contribution < 1.29 is 4.79 Å². The molecule has 0 aromatic carbocycles. The van der Waals surface area contributed by atoms with Crippen molar-refractivity contribution in [3.63, 3.8) is 0 Å². The quantitative estimate of drug-likeness (QED) is 0.833. The van der Waals surface area contributed by atoms with Crippen molar-refractivity contribution in [1.29, 1.82) is 0 Å². The van der Waals surface area contributed by atoms with Crippen LogP contribution in [-0.4, -0.2) is 29.0 Å². The van der Waals surface area contributed by atoms with Crippen LogP contribution in [-0.2, 0) is 6.54 Å². The van der Waals surface area contributed by atoms with E-state index in [4.69, 9.17) is 0 Å². The maximum atomic E-state index is 12.3. The Bertz CT molecular complexity index is 573. The van der Waals surface area contributed by atoms with E-state index in [9.17, 15) is 4.79 Å². The summed E-state index contributed by atoms with van der Waals surface area (Å²) >= 11 is 5.24. The van der Waals surface area contributed by atoms with Crippen LogP contribution < -0.4 is 0 Å². The number of fused-ring (bicyclic) bond motifs is 1. The van der Waals surface area contributed by atoms with Gasteiger partial charge < -0.3 is 9.47 Å². The first-order chi connectivity index (χ1) is 8.60. The van der Waals surface area contributed by atoms with Gasteiger partial charge >= 0.3 is 0 Å². The first kappa shape index (κ1) is 13.6. The van der Waals surface area contributed by atoms with Gasteiger partial charge in [-0.3, -0.25) is 4.79 Å². The lowest BCUT2D eigenvalue weighted by Crippen LogP contribution is -2.28. The Morgan fingerprint density at radius 2 is 2.22 bits per heavy atom. The maximum absolute atomic E-state index is 12.3. The fourth-order valence-electron chi connectivity index (χ4n) is 2.00. The van der Waals surface area contributed by atoms with Gasteiger partial charge in [-0.25, -0.2) is 0 Å². The van der Waals surface area contributed by atoms with Gasteiger partial charge in [-0.2, -0.15) is 0 Å². The van der Waals surface area contributed by atoms with Gasteiger partial charge in [-0.15, -0.1) is 11.3 Å². The van der Waals surface area contributed by atoms with E-state index in [0.717, 1.165) is 35.2 Å². The number of halogens is 1. The van der Waals surface area contributed by atoms with Crippen molar-refractivity contribution in [2.45, 2.75) is 26.8 Å². The van der Waals surface area contributed by atoms with Crippen LogP contribution in [0.25, 0.3) is 10.2 Å². The molecule has 0 N–H and O–H groups in total. The second-order valence-corrected chi connectivity index (χ2v) is 6.06. The summed E-state index contributed by atoms with van der Waals surface area (Å²) in [6.07, 6.45) is 1.02. The zero-order valence-electron chi connectivity index (χ0n) is 10.9. The van der Waals surface area contributed by atoms with Crippen LogP contribution in [0.1, 0.15) is 30.8 Å². The standard InChI is InChI=1S/C13H17BrN2OS/c1-4-6-16-10(13(17)15(3)5-2)7-11-12(16)9(14)8-18-11/h7-8H,4-6H2,1-3H3. The molecule has 98 valence electrons.